The molecule has 1 amide bonds. The number of hydrogen-bond donors (Lipinski definition) is 1. The molecule has 1 aliphatic heterocycles. The van der Waals surface area contributed by atoms with Gasteiger partial charge in [0.1, 0.15) is 5.01 Å². The molecule has 1 atom stereocenters. The molecule has 3 rings (SSSR count). The fourth-order valence-corrected chi connectivity index (χ4v) is 3.58. The van der Waals surface area contributed by atoms with Gasteiger partial charge in [-0.25, -0.2) is 4.98 Å². The van der Waals surface area contributed by atoms with Crippen molar-refractivity contribution in [3.8, 4) is 10.6 Å². The van der Waals surface area contributed by atoms with Crippen LogP contribution in [0.5, 0.6) is 0 Å². The van der Waals surface area contributed by atoms with E-state index in [1.165, 1.54) is 5.56 Å². The molecule has 4 nitrogen and oxygen atoms in total. The Morgan fingerprint density at radius 3 is 2.92 bits per heavy atom. The average molecular weight is 388 g/mol. The van der Waals surface area contributed by atoms with E-state index >= 15 is 0 Å². The van der Waals surface area contributed by atoms with E-state index in [-0.39, 0.29) is 36.8 Å². The third-order valence-electron chi connectivity index (χ3n) is 3.97. The normalized spacial score (nSPS) is 16.9. The van der Waals surface area contributed by atoms with Gasteiger partial charge in [0, 0.05) is 36.6 Å². The second-order valence-corrected chi connectivity index (χ2v) is 6.69. The van der Waals surface area contributed by atoms with Gasteiger partial charge in [-0.1, -0.05) is 23.8 Å². The Balaban J connectivity index is 0.00000144. The zero-order valence-electron chi connectivity index (χ0n) is 13.8. The van der Waals surface area contributed by atoms with Crippen LogP contribution in [-0.2, 0) is 11.2 Å². The Kier molecular flexibility index (Phi) is 8.16. The molecule has 132 valence electrons. The van der Waals surface area contributed by atoms with Crippen molar-refractivity contribution in [3.63, 3.8) is 0 Å². The first-order valence-corrected chi connectivity index (χ1v) is 8.53. The molecule has 1 aromatic heterocycles. The van der Waals surface area contributed by atoms with Crippen LogP contribution in [0.4, 0.5) is 0 Å². The smallest absolute Gasteiger partial charge is 0.228 e. The van der Waals surface area contributed by atoms with Gasteiger partial charge >= 0.3 is 0 Å². The van der Waals surface area contributed by atoms with Crippen LogP contribution in [0.2, 0.25) is 0 Å². The van der Waals surface area contributed by atoms with E-state index in [4.69, 9.17) is 0 Å². The van der Waals surface area contributed by atoms with Gasteiger partial charge in [0.15, 0.2) is 0 Å². The lowest BCUT2D eigenvalue weighted by molar-refractivity contribution is -0.133. The van der Waals surface area contributed by atoms with Gasteiger partial charge in [0.2, 0.25) is 5.91 Å². The maximum absolute atomic E-state index is 12.4. The van der Waals surface area contributed by atoms with E-state index < -0.39 is 0 Å². The number of piperazine rings is 1. The van der Waals surface area contributed by atoms with Crippen molar-refractivity contribution in [2.75, 3.05) is 19.6 Å². The summed E-state index contributed by atoms with van der Waals surface area (Å²) in [7, 11) is 0. The summed E-state index contributed by atoms with van der Waals surface area (Å²) in [6.07, 6.45) is 0.395. The zero-order valence-corrected chi connectivity index (χ0v) is 16.3. The summed E-state index contributed by atoms with van der Waals surface area (Å²) < 4.78 is 0. The van der Waals surface area contributed by atoms with Crippen molar-refractivity contribution in [3.05, 3.63) is 40.9 Å². The van der Waals surface area contributed by atoms with Crippen molar-refractivity contribution in [1.29, 1.82) is 0 Å². The first kappa shape index (κ1) is 20.9. The van der Waals surface area contributed by atoms with E-state index in [0.717, 1.165) is 35.9 Å². The molecule has 2 aromatic rings. The number of carbonyl (C=O) groups is 1. The molecule has 0 spiro atoms. The number of aryl methyl sites for hydroxylation is 1. The summed E-state index contributed by atoms with van der Waals surface area (Å²) in [5, 5.41) is 6.30. The molecule has 0 radical (unpaired) electrons. The molecule has 1 fully saturated rings. The molecule has 0 unspecified atom stereocenters. The number of nitrogens with zero attached hydrogens (tertiary/aromatic N) is 2. The molecule has 7 heteroatoms. The highest BCUT2D eigenvalue weighted by molar-refractivity contribution is 7.13. The van der Waals surface area contributed by atoms with Gasteiger partial charge in [-0.15, -0.1) is 36.2 Å². The second-order valence-electron chi connectivity index (χ2n) is 5.83. The monoisotopic (exact) mass is 387 g/mol. The highest BCUT2D eigenvalue weighted by atomic mass is 35.5. The second kappa shape index (κ2) is 9.37. The minimum atomic E-state index is 0. The standard InChI is InChI=1S/C17H21N3OS.2ClH/c1-12-4-3-5-14(8-12)17-19-15(11-22-17)9-16(21)20-7-6-18-10-13(20)2;;/h3-5,8,11,13,18H,6-7,9-10H2,1-2H3;2*1H/t13-;;/m1../s1. The predicted molar refractivity (Wildman–Crippen MR) is 105 cm³/mol. The lowest BCUT2D eigenvalue weighted by Crippen LogP contribution is -2.52. The summed E-state index contributed by atoms with van der Waals surface area (Å²) in [5.74, 6) is 0.176. The van der Waals surface area contributed by atoms with Gasteiger partial charge < -0.3 is 10.2 Å². The number of halogens is 2. The lowest BCUT2D eigenvalue weighted by atomic mass is 10.1. The number of hydrogen-bond acceptors (Lipinski definition) is 4. The maximum Gasteiger partial charge on any atom is 0.228 e. The first-order valence-electron chi connectivity index (χ1n) is 7.65. The Bertz CT molecular complexity index is 677. The minimum absolute atomic E-state index is 0. The molecule has 1 saturated heterocycles. The molecule has 1 aliphatic rings. The van der Waals surface area contributed by atoms with Crippen LogP contribution >= 0.6 is 36.2 Å². The van der Waals surface area contributed by atoms with Crippen LogP contribution in [0.15, 0.2) is 29.6 Å². The van der Waals surface area contributed by atoms with Crippen LogP contribution in [0.25, 0.3) is 10.6 Å². The van der Waals surface area contributed by atoms with Crippen molar-refractivity contribution >= 4 is 42.1 Å². The maximum atomic E-state index is 12.4. The van der Waals surface area contributed by atoms with Crippen LogP contribution in [0.1, 0.15) is 18.2 Å². The lowest BCUT2D eigenvalue weighted by Gasteiger charge is -2.33. The molecule has 1 aromatic carbocycles. The Hall–Kier alpha value is -1.14. The first-order chi connectivity index (χ1) is 10.6. The molecule has 24 heavy (non-hydrogen) atoms. The average Bonchev–Trinajstić information content (AvgIpc) is 2.96. The van der Waals surface area contributed by atoms with Crippen LogP contribution < -0.4 is 5.32 Å². The fourth-order valence-electron chi connectivity index (χ4n) is 2.77. The number of benzene rings is 1. The number of carbonyl (C=O) groups excluding carboxylic acids is 1. The number of thiazole rings is 1. The van der Waals surface area contributed by atoms with Crippen molar-refractivity contribution in [1.82, 2.24) is 15.2 Å². The van der Waals surface area contributed by atoms with Gasteiger partial charge in [-0.2, -0.15) is 0 Å². The zero-order chi connectivity index (χ0) is 15.5. The van der Waals surface area contributed by atoms with Gasteiger partial charge in [-0.3, -0.25) is 4.79 Å². The highest BCUT2D eigenvalue weighted by Gasteiger charge is 2.23. The van der Waals surface area contributed by atoms with Crippen molar-refractivity contribution < 1.29 is 4.79 Å². The van der Waals surface area contributed by atoms with Crippen LogP contribution in [-0.4, -0.2) is 41.5 Å². The highest BCUT2D eigenvalue weighted by Crippen LogP contribution is 2.24. The number of aromatic nitrogens is 1. The molecule has 0 aliphatic carbocycles. The van der Waals surface area contributed by atoms with Crippen molar-refractivity contribution in [2.45, 2.75) is 26.3 Å². The molecular formula is C17H23Cl2N3OS. The quantitative estimate of drug-likeness (QED) is 0.878. The van der Waals surface area contributed by atoms with Gasteiger partial charge in [-0.05, 0) is 19.9 Å². The summed E-state index contributed by atoms with van der Waals surface area (Å²) in [6, 6.07) is 8.57. The van der Waals surface area contributed by atoms with E-state index in [0.29, 0.717) is 6.42 Å². The molecule has 0 saturated carbocycles. The number of rotatable bonds is 3. The molecule has 1 N–H and O–H groups in total. The van der Waals surface area contributed by atoms with E-state index in [9.17, 15) is 4.79 Å². The van der Waals surface area contributed by atoms with Crippen LogP contribution in [0, 0.1) is 6.92 Å². The minimum Gasteiger partial charge on any atom is -0.337 e. The van der Waals surface area contributed by atoms with E-state index in [2.05, 4.69) is 42.3 Å². The molecule has 2 heterocycles. The third-order valence-corrected chi connectivity index (χ3v) is 4.91. The number of amides is 1. The summed E-state index contributed by atoms with van der Waals surface area (Å²) in [6.45, 7) is 6.70. The van der Waals surface area contributed by atoms with Crippen LogP contribution in [0.3, 0.4) is 0 Å². The predicted octanol–water partition coefficient (Wildman–Crippen LogP) is 3.32. The largest absolute Gasteiger partial charge is 0.337 e. The fraction of sp³-hybridized carbons (Fsp3) is 0.412. The Morgan fingerprint density at radius 1 is 1.42 bits per heavy atom. The third kappa shape index (κ3) is 4.93. The van der Waals surface area contributed by atoms with E-state index in [1.54, 1.807) is 11.3 Å². The topological polar surface area (TPSA) is 45.2 Å². The molecular weight excluding hydrogens is 365 g/mol. The van der Waals surface area contributed by atoms with Gasteiger partial charge in [0.05, 0.1) is 12.1 Å². The van der Waals surface area contributed by atoms with Gasteiger partial charge in [0.25, 0.3) is 0 Å². The molecule has 0 bridgehead atoms. The van der Waals surface area contributed by atoms with E-state index in [1.807, 2.05) is 16.3 Å². The summed E-state index contributed by atoms with van der Waals surface area (Å²) in [5.41, 5.74) is 3.22. The Morgan fingerprint density at radius 2 is 2.21 bits per heavy atom. The van der Waals surface area contributed by atoms with Crippen molar-refractivity contribution in [2.24, 2.45) is 0 Å². The number of nitrogens with one attached hydrogen (secondary N) is 1. The summed E-state index contributed by atoms with van der Waals surface area (Å²) in [4.78, 5) is 19.0. The Labute approximate surface area is 159 Å². The summed E-state index contributed by atoms with van der Waals surface area (Å²) >= 11 is 1.61. The SMILES string of the molecule is Cc1cccc(-c2nc(CC(=O)N3CCNC[C@H]3C)cs2)c1.Cl.Cl.